The first-order chi connectivity index (χ1) is 12.7. The molecule has 0 aliphatic carbocycles. The minimum atomic E-state index is 0.0148. The summed E-state index contributed by atoms with van der Waals surface area (Å²) in [5.74, 6) is 1.44. The van der Waals surface area contributed by atoms with Crippen molar-refractivity contribution < 1.29 is 19.0 Å². The third-order valence-corrected chi connectivity index (χ3v) is 5.43. The van der Waals surface area contributed by atoms with Crippen LogP contribution in [0, 0.1) is 0 Å². The summed E-state index contributed by atoms with van der Waals surface area (Å²) in [6.07, 6.45) is 2.29. The predicted octanol–water partition coefficient (Wildman–Crippen LogP) is 4.15. The number of hydrogen-bond donors (Lipinski definition) is 0. The van der Waals surface area contributed by atoms with E-state index >= 15 is 0 Å². The molecule has 2 heterocycles. The Bertz CT molecular complexity index is 724. The van der Waals surface area contributed by atoms with Gasteiger partial charge in [-0.3, -0.25) is 4.79 Å². The molecule has 0 unspecified atom stereocenters. The molecular weight excluding hydrogens is 350 g/mol. The van der Waals surface area contributed by atoms with Crippen LogP contribution >= 0.6 is 11.3 Å². The average molecular weight is 375 g/mol. The minimum absolute atomic E-state index is 0.0148. The van der Waals surface area contributed by atoms with Crippen molar-refractivity contribution in [2.75, 3.05) is 33.4 Å². The van der Waals surface area contributed by atoms with E-state index in [9.17, 15) is 4.79 Å². The fourth-order valence-electron chi connectivity index (χ4n) is 2.87. The van der Waals surface area contributed by atoms with Gasteiger partial charge in [-0.05, 0) is 44.0 Å². The van der Waals surface area contributed by atoms with E-state index in [1.165, 1.54) is 11.3 Å². The van der Waals surface area contributed by atoms with Crippen molar-refractivity contribution in [3.05, 3.63) is 46.2 Å². The highest BCUT2D eigenvalue weighted by Gasteiger charge is 2.22. The van der Waals surface area contributed by atoms with Crippen LogP contribution < -0.4 is 9.47 Å². The summed E-state index contributed by atoms with van der Waals surface area (Å²) in [5.41, 5.74) is 0. The van der Waals surface area contributed by atoms with Gasteiger partial charge in [-0.2, -0.15) is 0 Å². The second-order valence-corrected chi connectivity index (χ2v) is 7.27. The van der Waals surface area contributed by atoms with Gasteiger partial charge in [0.05, 0.1) is 24.1 Å². The molecule has 1 aromatic carbocycles. The van der Waals surface area contributed by atoms with Crippen LogP contribution in [0.1, 0.15) is 40.4 Å². The molecule has 1 aromatic heterocycles. The molecular formula is C20H25NO4S. The molecule has 3 rings (SSSR count). The highest BCUT2D eigenvalue weighted by molar-refractivity contribution is 7.14. The highest BCUT2D eigenvalue weighted by atomic mass is 32.1. The Morgan fingerprint density at radius 2 is 2.00 bits per heavy atom. The van der Waals surface area contributed by atoms with Gasteiger partial charge in [-0.25, -0.2) is 0 Å². The van der Waals surface area contributed by atoms with Crippen molar-refractivity contribution in [3.63, 3.8) is 0 Å². The first kappa shape index (κ1) is 18.7. The third-order valence-electron chi connectivity index (χ3n) is 4.26. The monoisotopic (exact) mass is 375 g/mol. The smallest absolute Gasteiger partial charge is 0.263 e. The number of nitrogens with zero attached hydrogens (tertiary/aromatic N) is 1. The number of likely N-dealkylation sites (N-methyl/N-ethyl adjacent to an activating group) is 1. The van der Waals surface area contributed by atoms with Crippen LogP contribution in [0.25, 0.3) is 0 Å². The van der Waals surface area contributed by atoms with Gasteiger partial charge >= 0.3 is 0 Å². The first-order valence-corrected chi connectivity index (χ1v) is 9.82. The first-order valence-electron chi connectivity index (χ1n) is 9.00. The molecule has 26 heavy (non-hydrogen) atoms. The van der Waals surface area contributed by atoms with E-state index in [1.807, 2.05) is 43.3 Å². The van der Waals surface area contributed by atoms with Crippen LogP contribution in [0.15, 0.2) is 36.4 Å². The third kappa shape index (κ3) is 4.56. The summed E-state index contributed by atoms with van der Waals surface area (Å²) in [5, 5.41) is 0. The fraction of sp³-hybridized carbons (Fsp3) is 0.450. The van der Waals surface area contributed by atoms with E-state index < -0.39 is 0 Å². The topological polar surface area (TPSA) is 48.0 Å². The lowest BCUT2D eigenvalue weighted by molar-refractivity contribution is 0.0778. The van der Waals surface area contributed by atoms with Gasteiger partial charge in [-0.15, -0.1) is 11.3 Å². The van der Waals surface area contributed by atoms with E-state index in [4.69, 9.17) is 14.2 Å². The van der Waals surface area contributed by atoms with Crippen molar-refractivity contribution >= 4 is 17.2 Å². The summed E-state index contributed by atoms with van der Waals surface area (Å²) in [4.78, 5) is 16.2. The number of hydrogen-bond acceptors (Lipinski definition) is 5. The molecule has 1 amide bonds. The molecule has 1 aliphatic heterocycles. The maximum absolute atomic E-state index is 12.6. The Balaban J connectivity index is 1.52. The normalized spacial score (nSPS) is 16.5. The second-order valence-electron chi connectivity index (χ2n) is 6.16. The van der Waals surface area contributed by atoms with Crippen molar-refractivity contribution in [1.82, 2.24) is 4.90 Å². The van der Waals surface area contributed by atoms with Crippen molar-refractivity contribution in [2.24, 2.45) is 0 Å². The molecule has 0 bridgehead atoms. The van der Waals surface area contributed by atoms with Crippen molar-refractivity contribution in [2.45, 2.75) is 25.9 Å². The Morgan fingerprint density at radius 3 is 2.69 bits per heavy atom. The van der Waals surface area contributed by atoms with Crippen molar-refractivity contribution in [1.29, 1.82) is 0 Å². The van der Waals surface area contributed by atoms with E-state index in [0.29, 0.717) is 25.5 Å². The maximum Gasteiger partial charge on any atom is 0.263 e. The van der Waals surface area contributed by atoms with Gasteiger partial charge in [-0.1, -0.05) is 12.1 Å². The Morgan fingerprint density at radius 1 is 1.23 bits per heavy atom. The largest absolute Gasteiger partial charge is 0.490 e. The summed E-state index contributed by atoms with van der Waals surface area (Å²) >= 11 is 1.53. The SMILES string of the molecule is CCOc1ccccc1OCCN(C)C(=O)c1ccc([C@H]2CCCO2)s1. The average Bonchev–Trinajstić information content (AvgIpc) is 3.34. The number of rotatable bonds is 8. The number of thiophene rings is 1. The van der Waals surface area contributed by atoms with Gasteiger partial charge in [0.15, 0.2) is 11.5 Å². The van der Waals surface area contributed by atoms with Gasteiger partial charge in [0.2, 0.25) is 0 Å². The molecule has 0 spiro atoms. The Kier molecular flexibility index (Phi) is 6.52. The van der Waals surface area contributed by atoms with E-state index in [-0.39, 0.29) is 12.0 Å². The van der Waals surface area contributed by atoms with Crippen LogP contribution in [-0.4, -0.2) is 44.2 Å². The summed E-state index contributed by atoms with van der Waals surface area (Å²) in [6.45, 7) is 4.26. The minimum Gasteiger partial charge on any atom is -0.490 e. The van der Waals surface area contributed by atoms with Crippen molar-refractivity contribution in [3.8, 4) is 11.5 Å². The quantitative estimate of drug-likeness (QED) is 0.695. The van der Waals surface area contributed by atoms with Crippen LogP contribution in [0.3, 0.4) is 0 Å². The molecule has 6 heteroatoms. The zero-order valence-corrected chi connectivity index (χ0v) is 16.1. The van der Waals surface area contributed by atoms with Gasteiger partial charge in [0.1, 0.15) is 6.61 Å². The molecule has 1 fully saturated rings. The molecule has 1 saturated heterocycles. The summed E-state index contributed by atoms with van der Waals surface area (Å²) in [6, 6.07) is 11.5. The fourth-order valence-corrected chi connectivity index (χ4v) is 3.96. The number of para-hydroxylation sites is 2. The molecule has 140 valence electrons. The zero-order valence-electron chi connectivity index (χ0n) is 15.3. The Hall–Kier alpha value is -2.05. The highest BCUT2D eigenvalue weighted by Crippen LogP contribution is 2.33. The van der Waals surface area contributed by atoms with E-state index in [2.05, 4.69) is 0 Å². The molecule has 0 saturated carbocycles. The molecule has 0 radical (unpaired) electrons. The summed E-state index contributed by atoms with van der Waals surface area (Å²) in [7, 11) is 1.80. The summed E-state index contributed by atoms with van der Waals surface area (Å²) < 4.78 is 17.0. The number of amides is 1. The number of benzene rings is 1. The zero-order chi connectivity index (χ0) is 18.4. The number of ether oxygens (including phenoxy) is 3. The lowest BCUT2D eigenvalue weighted by atomic mass is 10.2. The van der Waals surface area contributed by atoms with E-state index in [0.717, 1.165) is 35.0 Å². The van der Waals surface area contributed by atoms with E-state index in [1.54, 1.807) is 11.9 Å². The van der Waals surface area contributed by atoms with Crippen LogP contribution in [0.2, 0.25) is 0 Å². The number of carbonyl (C=O) groups is 1. The number of carbonyl (C=O) groups excluding carboxylic acids is 1. The molecule has 0 N–H and O–H groups in total. The van der Waals surface area contributed by atoms with Crippen LogP contribution in [0.5, 0.6) is 11.5 Å². The van der Waals surface area contributed by atoms with Crippen LogP contribution in [-0.2, 0) is 4.74 Å². The predicted molar refractivity (Wildman–Crippen MR) is 102 cm³/mol. The van der Waals surface area contributed by atoms with Gasteiger partial charge in [0, 0.05) is 18.5 Å². The van der Waals surface area contributed by atoms with Gasteiger partial charge < -0.3 is 19.1 Å². The van der Waals surface area contributed by atoms with Gasteiger partial charge in [0.25, 0.3) is 5.91 Å². The maximum atomic E-state index is 12.6. The lowest BCUT2D eigenvalue weighted by Gasteiger charge is -2.17. The Labute approximate surface area is 158 Å². The molecule has 5 nitrogen and oxygen atoms in total. The second kappa shape index (κ2) is 9.05. The standard InChI is InChI=1S/C20H25NO4S/c1-3-23-15-7-4-5-8-16(15)25-14-12-21(2)20(22)19-11-10-18(26-19)17-9-6-13-24-17/h4-5,7-8,10-11,17H,3,6,9,12-14H2,1-2H3/t17-/m1/s1. The van der Waals surface area contributed by atoms with Crippen LogP contribution in [0.4, 0.5) is 0 Å². The molecule has 1 aliphatic rings. The molecule has 2 aromatic rings. The lowest BCUT2D eigenvalue weighted by Crippen LogP contribution is -2.30. The molecule has 1 atom stereocenters.